The van der Waals surface area contributed by atoms with Gasteiger partial charge in [-0.25, -0.2) is 0 Å². The van der Waals surface area contributed by atoms with Crippen molar-refractivity contribution in [3.05, 3.63) is 40.4 Å². The minimum atomic E-state index is 0.765. The zero-order valence-corrected chi connectivity index (χ0v) is 13.2. The molecule has 20 heavy (non-hydrogen) atoms. The van der Waals surface area contributed by atoms with Crippen LogP contribution in [0.1, 0.15) is 37.2 Å². The Morgan fingerprint density at radius 1 is 1.35 bits per heavy atom. The van der Waals surface area contributed by atoms with Gasteiger partial charge in [0.05, 0.1) is 23.0 Å². The smallest absolute Gasteiger partial charge is 0.0865 e. The average molecular weight is 295 g/mol. The summed E-state index contributed by atoms with van der Waals surface area (Å²) < 4.78 is 4.14. The predicted octanol–water partition coefficient (Wildman–Crippen LogP) is 3.21. The Labute approximate surface area is 125 Å². The number of rotatable bonds is 7. The summed E-state index contributed by atoms with van der Waals surface area (Å²) in [4.78, 5) is 0. The minimum Gasteiger partial charge on any atom is -0.348 e. The average Bonchev–Trinajstić information content (AvgIpc) is 2.99. The van der Waals surface area contributed by atoms with Gasteiger partial charge in [-0.15, -0.1) is 0 Å². The molecule has 2 heterocycles. The predicted molar refractivity (Wildman–Crippen MR) is 83.2 cm³/mol. The normalized spacial score (nSPS) is 11.2. The molecule has 0 amide bonds. The number of halogens is 1. The van der Waals surface area contributed by atoms with Gasteiger partial charge in [-0.3, -0.25) is 4.68 Å². The molecule has 2 aromatic rings. The van der Waals surface area contributed by atoms with Gasteiger partial charge in [-0.05, 0) is 38.4 Å². The molecule has 0 unspecified atom stereocenters. The molecular weight excluding hydrogens is 272 g/mol. The van der Waals surface area contributed by atoms with Crippen LogP contribution in [0.4, 0.5) is 0 Å². The number of aryl methyl sites for hydroxylation is 2. The molecule has 4 nitrogen and oxygen atoms in total. The van der Waals surface area contributed by atoms with E-state index in [0.717, 1.165) is 49.0 Å². The fourth-order valence-corrected chi connectivity index (χ4v) is 2.49. The molecule has 0 saturated carbocycles. The highest BCUT2D eigenvalue weighted by atomic mass is 35.5. The molecule has 0 aliphatic heterocycles. The lowest BCUT2D eigenvalue weighted by Crippen LogP contribution is -2.13. The molecule has 0 saturated heterocycles. The third-order valence-electron chi connectivity index (χ3n) is 3.35. The molecule has 0 aromatic carbocycles. The van der Waals surface area contributed by atoms with Crippen LogP contribution in [-0.4, -0.2) is 20.9 Å². The topological polar surface area (TPSA) is 34.8 Å². The van der Waals surface area contributed by atoms with Gasteiger partial charge in [-0.2, -0.15) is 5.10 Å². The fraction of sp³-hybridized carbons (Fsp3) is 0.533. The first-order valence-corrected chi connectivity index (χ1v) is 7.60. The van der Waals surface area contributed by atoms with Crippen molar-refractivity contribution in [2.45, 2.75) is 46.8 Å². The molecule has 0 bridgehead atoms. The van der Waals surface area contributed by atoms with Crippen LogP contribution < -0.4 is 5.32 Å². The first kappa shape index (κ1) is 15.1. The van der Waals surface area contributed by atoms with Crippen molar-refractivity contribution in [3.63, 3.8) is 0 Å². The maximum absolute atomic E-state index is 6.34. The second-order valence-corrected chi connectivity index (χ2v) is 5.41. The van der Waals surface area contributed by atoms with Crippen LogP contribution >= 0.6 is 11.6 Å². The number of nitrogens with zero attached hydrogens (tertiary/aromatic N) is 3. The van der Waals surface area contributed by atoms with Gasteiger partial charge in [0.15, 0.2) is 0 Å². The van der Waals surface area contributed by atoms with Crippen LogP contribution in [0.5, 0.6) is 0 Å². The molecule has 0 atom stereocenters. The Balaban J connectivity index is 2.07. The summed E-state index contributed by atoms with van der Waals surface area (Å²) >= 11 is 6.34. The number of hydrogen-bond acceptors (Lipinski definition) is 2. The van der Waals surface area contributed by atoms with Crippen molar-refractivity contribution in [2.75, 3.05) is 6.54 Å². The van der Waals surface area contributed by atoms with Gasteiger partial charge in [0.2, 0.25) is 0 Å². The van der Waals surface area contributed by atoms with Crippen LogP contribution in [-0.2, 0) is 19.6 Å². The van der Waals surface area contributed by atoms with E-state index in [4.69, 9.17) is 11.6 Å². The van der Waals surface area contributed by atoms with Gasteiger partial charge in [0, 0.05) is 25.5 Å². The van der Waals surface area contributed by atoms with Gasteiger partial charge in [0.25, 0.3) is 0 Å². The Morgan fingerprint density at radius 2 is 2.15 bits per heavy atom. The van der Waals surface area contributed by atoms with E-state index >= 15 is 0 Å². The molecular formula is C15H23ClN4. The summed E-state index contributed by atoms with van der Waals surface area (Å²) in [6.45, 7) is 9.79. The molecule has 2 rings (SSSR count). The highest BCUT2D eigenvalue weighted by molar-refractivity contribution is 6.31. The van der Waals surface area contributed by atoms with Gasteiger partial charge < -0.3 is 9.88 Å². The fourth-order valence-electron chi connectivity index (χ4n) is 2.30. The van der Waals surface area contributed by atoms with E-state index in [2.05, 4.69) is 47.3 Å². The van der Waals surface area contributed by atoms with E-state index in [-0.39, 0.29) is 0 Å². The molecule has 0 aliphatic rings. The van der Waals surface area contributed by atoms with Crippen molar-refractivity contribution in [1.29, 1.82) is 0 Å². The van der Waals surface area contributed by atoms with Crippen LogP contribution in [0.15, 0.2) is 18.5 Å². The maximum atomic E-state index is 6.34. The summed E-state index contributed by atoms with van der Waals surface area (Å²) in [5.74, 6) is 0. The molecule has 0 aliphatic carbocycles. The van der Waals surface area contributed by atoms with Crippen LogP contribution in [0.3, 0.4) is 0 Å². The highest BCUT2D eigenvalue weighted by Gasteiger charge is 2.12. The molecule has 2 aromatic heterocycles. The Hall–Kier alpha value is -1.26. The zero-order chi connectivity index (χ0) is 14.5. The van der Waals surface area contributed by atoms with Gasteiger partial charge in [0.1, 0.15) is 0 Å². The first-order valence-electron chi connectivity index (χ1n) is 7.22. The second-order valence-electron chi connectivity index (χ2n) is 5.03. The molecule has 1 N–H and O–H groups in total. The standard InChI is InChI=1S/C15H23ClN4/c1-4-7-17-9-13-6-8-19(10-13)11-14-15(16)12(3)18-20(14)5-2/h6,8,10,17H,4-5,7,9,11H2,1-3H3. The van der Waals surface area contributed by atoms with Crippen molar-refractivity contribution < 1.29 is 0 Å². The largest absolute Gasteiger partial charge is 0.348 e. The van der Waals surface area contributed by atoms with E-state index < -0.39 is 0 Å². The zero-order valence-electron chi connectivity index (χ0n) is 12.5. The maximum Gasteiger partial charge on any atom is 0.0865 e. The van der Waals surface area contributed by atoms with E-state index in [1.54, 1.807) is 0 Å². The van der Waals surface area contributed by atoms with Crippen LogP contribution in [0, 0.1) is 6.92 Å². The Kier molecular flexibility index (Phi) is 5.26. The van der Waals surface area contributed by atoms with Gasteiger partial charge in [-0.1, -0.05) is 18.5 Å². The van der Waals surface area contributed by atoms with Crippen molar-refractivity contribution >= 4 is 11.6 Å². The number of nitrogens with one attached hydrogen (secondary N) is 1. The first-order chi connectivity index (χ1) is 9.65. The van der Waals surface area contributed by atoms with Crippen LogP contribution in [0.25, 0.3) is 0 Å². The summed E-state index contributed by atoms with van der Waals surface area (Å²) in [5.41, 5.74) is 3.28. The minimum absolute atomic E-state index is 0.765. The molecule has 5 heteroatoms. The van der Waals surface area contributed by atoms with E-state index in [1.165, 1.54) is 5.56 Å². The van der Waals surface area contributed by atoms with Gasteiger partial charge >= 0.3 is 0 Å². The second kappa shape index (κ2) is 6.95. The molecule has 0 radical (unpaired) electrons. The van der Waals surface area contributed by atoms with Crippen molar-refractivity contribution in [3.8, 4) is 0 Å². The Morgan fingerprint density at radius 3 is 2.85 bits per heavy atom. The quantitative estimate of drug-likeness (QED) is 0.796. The Bertz CT molecular complexity index is 556. The van der Waals surface area contributed by atoms with E-state index in [0.29, 0.717) is 0 Å². The summed E-state index contributed by atoms with van der Waals surface area (Å²) in [6.07, 6.45) is 5.42. The summed E-state index contributed by atoms with van der Waals surface area (Å²) in [5, 5.41) is 8.64. The van der Waals surface area contributed by atoms with Crippen molar-refractivity contribution in [1.82, 2.24) is 19.7 Å². The van der Waals surface area contributed by atoms with Crippen LogP contribution in [0.2, 0.25) is 5.02 Å². The van der Waals surface area contributed by atoms with E-state index in [9.17, 15) is 0 Å². The summed E-state index contributed by atoms with van der Waals surface area (Å²) in [6, 6.07) is 2.15. The molecule has 0 fully saturated rings. The monoisotopic (exact) mass is 294 g/mol. The number of hydrogen-bond donors (Lipinski definition) is 1. The molecule has 0 spiro atoms. The third-order valence-corrected chi connectivity index (χ3v) is 3.84. The lowest BCUT2D eigenvalue weighted by atomic mass is 10.3. The lowest BCUT2D eigenvalue weighted by molar-refractivity contribution is 0.597. The van der Waals surface area contributed by atoms with Crippen molar-refractivity contribution in [2.24, 2.45) is 0 Å². The number of aromatic nitrogens is 3. The SMILES string of the molecule is CCCNCc1ccn(Cc2c(Cl)c(C)nn2CC)c1. The lowest BCUT2D eigenvalue weighted by Gasteiger charge is -2.06. The summed E-state index contributed by atoms with van der Waals surface area (Å²) in [7, 11) is 0. The van der Waals surface area contributed by atoms with E-state index in [1.807, 2.05) is 11.6 Å². The highest BCUT2D eigenvalue weighted by Crippen LogP contribution is 2.21. The third kappa shape index (κ3) is 3.44. The molecule has 110 valence electrons.